The molecule has 1 aliphatic heterocycles. The molecule has 0 spiro atoms. The van der Waals surface area contributed by atoms with Gasteiger partial charge in [-0.15, -0.1) is 0 Å². The van der Waals surface area contributed by atoms with E-state index in [1.165, 1.54) is 12.1 Å². The summed E-state index contributed by atoms with van der Waals surface area (Å²) in [6, 6.07) is 4.29. The molecular weight excluding hydrogens is 301 g/mol. The molecular formula is C13H17BrFNO2. The molecule has 2 rings (SSSR count). The van der Waals surface area contributed by atoms with Crippen molar-refractivity contribution in [1.29, 1.82) is 0 Å². The van der Waals surface area contributed by atoms with Gasteiger partial charge in [-0.2, -0.15) is 0 Å². The third-order valence-electron chi connectivity index (χ3n) is 3.60. The zero-order valence-electron chi connectivity index (χ0n) is 10.0. The molecule has 1 saturated heterocycles. The van der Waals surface area contributed by atoms with E-state index in [0.717, 1.165) is 12.8 Å². The molecule has 100 valence electrons. The molecule has 18 heavy (non-hydrogen) atoms. The fraction of sp³-hybridized carbons (Fsp3) is 0.538. The van der Waals surface area contributed by atoms with Crippen LogP contribution in [0.5, 0.6) is 0 Å². The summed E-state index contributed by atoms with van der Waals surface area (Å²) in [5, 5.41) is 10.6. The van der Waals surface area contributed by atoms with Crippen molar-refractivity contribution in [2.75, 3.05) is 19.8 Å². The molecule has 1 aromatic carbocycles. The summed E-state index contributed by atoms with van der Waals surface area (Å²) < 4.78 is 19.1. The fourth-order valence-electron chi connectivity index (χ4n) is 2.42. The van der Waals surface area contributed by atoms with Crippen LogP contribution in [-0.2, 0) is 4.74 Å². The van der Waals surface area contributed by atoms with Gasteiger partial charge in [0.2, 0.25) is 0 Å². The number of hydrogen-bond donors (Lipinski definition) is 2. The van der Waals surface area contributed by atoms with Crippen LogP contribution in [0.2, 0.25) is 0 Å². The smallest absolute Gasteiger partial charge is 0.124 e. The SMILES string of the molecule is NCC1(C(O)c2ccc(F)cc2Br)CCCOC1. The molecule has 0 aromatic heterocycles. The lowest BCUT2D eigenvalue weighted by atomic mass is 9.75. The van der Waals surface area contributed by atoms with Gasteiger partial charge in [-0.3, -0.25) is 0 Å². The van der Waals surface area contributed by atoms with E-state index in [-0.39, 0.29) is 5.82 Å². The van der Waals surface area contributed by atoms with E-state index in [4.69, 9.17) is 10.5 Å². The van der Waals surface area contributed by atoms with Gasteiger partial charge in [-0.1, -0.05) is 22.0 Å². The Balaban J connectivity index is 2.30. The first-order chi connectivity index (χ1) is 8.59. The van der Waals surface area contributed by atoms with Gasteiger partial charge in [-0.05, 0) is 30.5 Å². The number of nitrogens with two attached hydrogens (primary N) is 1. The zero-order valence-corrected chi connectivity index (χ0v) is 11.6. The molecule has 2 unspecified atom stereocenters. The van der Waals surface area contributed by atoms with Crippen molar-refractivity contribution in [3.63, 3.8) is 0 Å². The minimum absolute atomic E-state index is 0.334. The lowest BCUT2D eigenvalue weighted by molar-refractivity contribution is -0.0784. The highest BCUT2D eigenvalue weighted by molar-refractivity contribution is 9.10. The summed E-state index contributed by atoms with van der Waals surface area (Å²) >= 11 is 3.29. The highest BCUT2D eigenvalue weighted by atomic mass is 79.9. The number of benzene rings is 1. The number of ether oxygens (including phenoxy) is 1. The fourth-order valence-corrected chi connectivity index (χ4v) is 2.98. The van der Waals surface area contributed by atoms with Crippen LogP contribution >= 0.6 is 15.9 Å². The summed E-state index contributed by atoms with van der Waals surface area (Å²) in [6.07, 6.45) is 0.944. The molecule has 3 nitrogen and oxygen atoms in total. The van der Waals surface area contributed by atoms with Gasteiger partial charge >= 0.3 is 0 Å². The monoisotopic (exact) mass is 317 g/mol. The molecule has 0 saturated carbocycles. The summed E-state index contributed by atoms with van der Waals surface area (Å²) in [7, 11) is 0. The molecule has 5 heteroatoms. The third kappa shape index (κ3) is 2.59. The van der Waals surface area contributed by atoms with E-state index in [1.54, 1.807) is 6.07 Å². The largest absolute Gasteiger partial charge is 0.388 e. The first kappa shape index (κ1) is 13.9. The average molecular weight is 318 g/mol. The van der Waals surface area contributed by atoms with Gasteiger partial charge in [0.1, 0.15) is 5.82 Å². The first-order valence-electron chi connectivity index (χ1n) is 6.00. The second kappa shape index (κ2) is 5.65. The second-order valence-electron chi connectivity index (χ2n) is 4.79. The normalized spacial score (nSPS) is 26.0. The number of hydrogen-bond acceptors (Lipinski definition) is 3. The van der Waals surface area contributed by atoms with E-state index >= 15 is 0 Å². The van der Waals surface area contributed by atoms with E-state index < -0.39 is 11.5 Å². The molecule has 1 fully saturated rings. The van der Waals surface area contributed by atoms with Crippen molar-refractivity contribution >= 4 is 15.9 Å². The lowest BCUT2D eigenvalue weighted by Crippen LogP contribution is -2.43. The Kier molecular flexibility index (Phi) is 4.37. The van der Waals surface area contributed by atoms with Gasteiger partial charge in [0.15, 0.2) is 0 Å². The van der Waals surface area contributed by atoms with Crippen molar-refractivity contribution in [2.24, 2.45) is 11.1 Å². The molecule has 1 aliphatic rings. The third-order valence-corrected chi connectivity index (χ3v) is 4.28. The Hall–Kier alpha value is -0.490. The maximum absolute atomic E-state index is 13.1. The predicted molar refractivity (Wildman–Crippen MR) is 70.6 cm³/mol. The summed E-state index contributed by atoms with van der Waals surface area (Å²) in [5.74, 6) is -0.334. The second-order valence-corrected chi connectivity index (χ2v) is 5.65. The standard InChI is InChI=1S/C13H17BrFNO2/c14-11-6-9(15)2-3-10(11)12(17)13(7-16)4-1-5-18-8-13/h2-3,6,12,17H,1,4-5,7-8,16H2. The van der Waals surface area contributed by atoms with Gasteiger partial charge < -0.3 is 15.6 Å². The summed E-state index contributed by atoms with van der Waals surface area (Å²) in [6.45, 7) is 1.49. The van der Waals surface area contributed by atoms with Gasteiger partial charge in [-0.25, -0.2) is 4.39 Å². The zero-order chi connectivity index (χ0) is 13.2. The summed E-state index contributed by atoms with van der Waals surface area (Å²) in [5.41, 5.74) is 6.01. The quantitative estimate of drug-likeness (QED) is 0.900. The summed E-state index contributed by atoms with van der Waals surface area (Å²) in [4.78, 5) is 0. The van der Waals surface area contributed by atoms with Crippen LogP contribution in [0.4, 0.5) is 4.39 Å². The molecule has 0 aliphatic carbocycles. The van der Waals surface area contributed by atoms with Crippen molar-refractivity contribution in [3.05, 3.63) is 34.1 Å². The van der Waals surface area contributed by atoms with Crippen molar-refractivity contribution in [1.82, 2.24) is 0 Å². The Morgan fingerprint density at radius 2 is 2.33 bits per heavy atom. The van der Waals surface area contributed by atoms with Crippen LogP contribution in [-0.4, -0.2) is 24.9 Å². The predicted octanol–water partition coefficient (Wildman–Crippen LogP) is 2.38. The minimum Gasteiger partial charge on any atom is -0.388 e. The molecule has 0 radical (unpaired) electrons. The van der Waals surface area contributed by atoms with Crippen molar-refractivity contribution in [2.45, 2.75) is 18.9 Å². The van der Waals surface area contributed by atoms with Gasteiger partial charge in [0.25, 0.3) is 0 Å². The van der Waals surface area contributed by atoms with Crippen LogP contribution in [0.15, 0.2) is 22.7 Å². The molecule has 2 atom stereocenters. The van der Waals surface area contributed by atoms with Crippen molar-refractivity contribution < 1.29 is 14.2 Å². The molecule has 0 amide bonds. The van der Waals surface area contributed by atoms with E-state index in [1.807, 2.05) is 0 Å². The molecule has 1 heterocycles. The van der Waals surface area contributed by atoms with Crippen LogP contribution in [0.25, 0.3) is 0 Å². The number of aliphatic hydroxyl groups excluding tert-OH is 1. The van der Waals surface area contributed by atoms with Crippen molar-refractivity contribution in [3.8, 4) is 0 Å². The number of rotatable bonds is 3. The molecule has 1 aromatic rings. The van der Waals surface area contributed by atoms with Crippen LogP contribution in [0.3, 0.4) is 0 Å². The Bertz CT molecular complexity index is 421. The maximum Gasteiger partial charge on any atom is 0.124 e. The van der Waals surface area contributed by atoms with Crippen LogP contribution in [0.1, 0.15) is 24.5 Å². The van der Waals surface area contributed by atoms with Crippen LogP contribution < -0.4 is 5.73 Å². The number of halogens is 2. The van der Waals surface area contributed by atoms with E-state index in [2.05, 4.69) is 15.9 Å². The minimum atomic E-state index is -0.752. The number of aliphatic hydroxyl groups is 1. The Morgan fingerprint density at radius 3 is 2.89 bits per heavy atom. The Labute approximate surface area is 114 Å². The maximum atomic E-state index is 13.1. The highest BCUT2D eigenvalue weighted by Crippen LogP contribution is 2.42. The van der Waals surface area contributed by atoms with E-state index in [0.29, 0.717) is 29.8 Å². The Morgan fingerprint density at radius 1 is 1.56 bits per heavy atom. The highest BCUT2D eigenvalue weighted by Gasteiger charge is 2.40. The van der Waals surface area contributed by atoms with Gasteiger partial charge in [0.05, 0.1) is 12.7 Å². The topological polar surface area (TPSA) is 55.5 Å². The molecule has 3 N–H and O–H groups in total. The first-order valence-corrected chi connectivity index (χ1v) is 6.79. The van der Waals surface area contributed by atoms with E-state index in [9.17, 15) is 9.50 Å². The van der Waals surface area contributed by atoms with Gasteiger partial charge in [0, 0.05) is 23.0 Å². The average Bonchev–Trinajstić information content (AvgIpc) is 2.39. The molecule has 0 bridgehead atoms. The lowest BCUT2D eigenvalue weighted by Gasteiger charge is -2.40. The van der Waals surface area contributed by atoms with Crippen LogP contribution in [0, 0.1) is 11.2 Å².